The fourth-order valence-electron chi connectivity index (χ4n) is 3.05. The lowest BCUT2D eigenvalue weighted by Crippen LogP contribution is -2.37. The van der Waals surface area contributed by atoms with Crippen LogP contribution in [0.1, 0.15) is 36.4 Å². The van der Waals surface area contributed by atoms with Gasteiger partial charge in [0.05, 0.1) is 0 Å². The first kappa shape index (κ1) is 14.1. The Hall–Kier alpha value is -1.81. The van der Waals surface area contributed by atoms with E-state index in [1.165, 1.54) is 12.0 Å². The Morgan fingerprint density at radius 1 is 1.33 bits per heavy atom. The Labute approximate surface area is 124 Å². The minimum atomic E-state index is -1.02. The highest BCUT2D eigenvalue weighted by atomic mass is 16.4. The van der Waals surface area contributed by atoms with Gasteiger partial charge in [-0.1, -0.05) is 19.9 Å². The van der Waals surface area contributed by atoms with Crippen LogP contribution in [0.2, 0.25) is 0 Å². The largest absolute Gasteiger partial charge is 0.475 e. The molecule has 1 aliphatic rings. The molecule has 0 amide bonds. The molecule has 0 saturated carbocycles. The van der Waals surface area contributed by atoms with E-state index >= 15 is 0 Å². The quantitative estimate of drug-likeness (QED) is 0.937. The van der Waals surface area contributed by atoms with Gasteiger partial charge in [-0.25, -0.2) is 4.79 Å². The Kier molecular flexibility index (Phi) is 3.72. The number of likely N-dealkylation sites (tertiary alicyclic amines) is 1. The highest BCUT2D eigenvalue weighted by Crippen LogP contribution is 2.25. The van der Waals surface area contributed by atoms with Crippen molar-refractivity contribution in [2.24, 2.45) is 11.8 Å². The molecule has 2 unspecified atom stereocenters. The van der Waals surface area contributed by atoms with E-state index in [-0.39, 0.29) is 5.76 Å². The molecule has 2 aromatic rings. The van der Waals surface area contributed by atoms with Crippen molar-refractivity contribution in [2.75, 3.05) is 13.1 Å². The van der Waals surface area contributed by atoms with Crippen molar-refractivity contribution in [2.45, 2.75) is 26.8 Å². The van der Waals surface area contributed by atoms with Crippen molar-refractivity contribution < 1.29 is 14.3 Å². The molecular formula is C17H21NO3. The molecule has 0 radical (unpaired) electrons. The third kappa shape index (κ3) is 2.95. The number of carboxylic acid groups (broad SMARTS) is 1. The van der Waals surface area contributed by atoms with Crippen molar-refractivity contribution in [3.05, 3.63) is 35.6 Å². The van der Waals surface area contributed by atoms with Crippen molar-refractivity contribution in [1.29, 1.82) is 0 Å². The lowest BCUT2D eigenvalue weighted by molar-refractivity contribution is 0.0665. The summed E-state index contributed by atoms with van der Waals surface area (Å²) in [5.74, 6) is 0.514. The van der Waals surface area contributed by atoms with Crippen LogP contribution in [-0.4, -0.2) is 29.1 Å². The van der Waals surface area contributed by atoms with Gasteiger partial charge in [0.1, 0.15) is 5.58 Å². The van der Waals surface area contributed by atoms with Gasteiger partial charge in [-0.05, 0) is 48.6 Å². The molecule has 4 nitrogen and oxygen atoms in total. The number of carboxylic acids is 1. The van der Waals surface area contributed by atoms with Crippen LogP contribution in [0.4, 0.5) is 0 Å². The van der Waals surface area contributed by atoms with Gasteiger partial charge >= 0.3 is 5.97 Å². The summed E-state index contributed by atoms with van der Waals surface area (Å²) in [5.41, 5.74) is 1.85. The van der Waals surface area contributed by atoms with E-state index < -0.39 is 5.97 Å². The van der Waals surface area contributed by atoms with Crippen LogP contribution in [0.25, 0.3) is 11.0 Å². The van der Waals surface area contributed by atoms with Gasteiger partial charge in [0.15, 0.2) is 0 Å². The first-order valence-corrected chi connectivity index (χ1v) is 7.51. The van der Waals surface area contributed by atoms with Crippen LogP contribution in [0.3, 0.4) is 0 Å². The summed E-state index contributed by atoms with van der Waals surface area (Å²) < 4.78 is 5.29. The number of piperidine rings is 1. The van der Waals surface area contributed by atoms with Crippen LogP contribution in [0.5, 0.6) is 0 Å². The Balaban J connectivity index is 1.76. The van der Waals surface area contributed by atoms with E-state index in [0.29, 0.717) is 5.58 Å². The number of carbonyl (C=O) groups is 1. The van der Waals surface area contributed by atoms with Gasteiger partial charge in [-0.3, -0.25) is 4.90 Å². The maximum atomic E-state index is 10.9. The van der Waals surface area contributed by atoms with Gasteiger partial charge in [0, 0.05) is 18.5 Å². The van der Waals surface area contributed by atoms with E-state index in [4.69, 9.17) is 9.52 Å². The average molecular weight is 287 g/mol. The number of aromatic carboxylic acids is 1. The summed E-state index contributed by atoms with van der Waals surface area (Å²) in [6.45, 7) is 7.82. The molecule has 21 heavy (non-hydrogen) atoms. The van der Waals surface area contributed by atoms with Gasteiger partial charge < -0.3 is 9.52 Å². The SMILES string of the molecule is CC1CCN(Cc2ccc3oc(C(=O)O)cc3c2)CC1C. The number of hydrogen-bond acceptors (Lipinski definition) is 3. The maximum absolute atomic E-state index is 10.9. The Morgan fingerprint density at radius 3 is 2.86 bits per heavy atom. The van der Waals surface area contributed by atoms with Gasteiger partial charge in [-0.2, -0.15) is 0 Å². The van der Waals surface area contributed by atoms with E-state index in [1.807, 2.05) is 18.2 Å². The van der Waals surface area contributed by atoms with E-state index in [9.17, 15) is 4.79 Å². The van der Waals surface area contributed by atoms with Crippen molar-refractivity contribution in [1.82, 2.24) is 4.90 Å². The predicted molar refractivity (Wildman–Crippen MR) is 81.4 cm³/mol. The van der Waals surface area contributed by atoms with E-state index in [1.54, 1.807) is 6.07 Å². The van der Waals surface area contributed by atoms with E-state index in [0.717, 1.165) is 36.9 Å². The lowest BCUT2D eigenvalue weighted by Gasteiger charge is -2.35. The third-order valence-corrected chi connectivity index (χ3v) is 4.62. The molecule has 0 aliphatic carbocycles. The molecule has 2 heterocycles. The number of nitrogens with zero attached hydrogens (tertiary/aromatic N) is 1. The number of furan rings is 1. The summed E-state index contributed by atoms with van der Waals surface area (Å²) in [6.07, 6.45) is 1.25. The van der Waals surface area contributed by atoms with E-state index in [2.05, 4.69) is 18.7 Å². The first-order chi connectivity index (χ1) is 10.0. The minimum Gasteiger partial charge on any atom is -0.475 e. The Morgan fingerprint density at radius 2 is 2.14 bits per heavy atom. The Bertz CT molecular complexity index is 661. The normalized spacial score (nSPS) is 23.5. The molecular weight excluding hydrogens is 266 g/mol. The van der Waals surface area contributed by atoms with Gasteiger partial charge in [-0.15, -0.1) is 0 Å². The lowest BCUT2D eigenvalue weighted by atomic mass is 9.88. The van der Waals surface area contributed by atoms with Crippen LogP contribution in [0, 0.1) is 11.8 Å². The molecule has 1 fully saturated rings. The van der Waals surface area contributed by atoms with Gasteiger partial charge in [0.25, 0.3) is 0 Å². The molecule has 0 spiro atoms. The first-order valence-electron chi connectivity index (χ1n) is 7.51. The molecule has 1 N–H and O–H groups in total. The topological polar surface area (TPSA) is 53.7 Å². The monoisotopic (exact) mass is 287 g/mol. The average Bonchev–Trinajstić information content (AvgIpc) is 2.86. The highest BCUT2D eigenvalue weighted by molar-refractivity contribution is 5.91. The molecule has 4 heteroatoms. The summed E-state index contributed by atoms with van der Waals surface area (Å²) in [5, 5.41) is 9.83. The second kappa shape index (κ2) is 5.53. The molecule has 2 atom stereocenters. The predicted octanol–water partition coefficient (Wildman–Crippen LogP) is 3.61. The van der Waals surface area contributed by atoms with Crippen LogP contribution in [-0.2, 0) is 6.54 Å². The van der Waals surface area contributed by atoms with Gasteiger partial charge in [0.2, 0.25) is 5.76 Å². The number of benzene rings is 1. The summed E-state index contributed by atoms with van der Waals surface area (Å²) in [4.78, 5) is 13.4. The molecule has 1 aromatic heterocycles. The number of hydrogen-bond donors (Lipinski definition) is 1. The zero-order valence-electron chi connectivity index (χ0n) is 12.5. The second-order valence-electron chi connectivity index (χ2n) is 6.27. The third-order valence-electron chi connectivity index (χ3n) is 4.62. The second-order valence-corrected chi connectivity index (χ2v) is 6.27. The van der Waals surface area contributed by atoms with Crippen molar-refractivity contribution >= 4 is 16.9 Å². The molecule has 3 rings (SSSR count). The zero-order chi connectivity index (χ0) is 15.0. The maximum Gasteiger partial charge on any atom is 0.371 e. The molecule has 0 bridgehead atoms. The van der Waals surface area contributed by atoms with Crippen molar-refractivity contribution in [3.63, 3.8) is 0 Å². The minimum absolute atomic E-state index is 0.00238. The highest BCUT2D eigenvalue weighted by Gasteiger charge is 2.22. The summed E-state index contributed by atoms with van der Waals surface area (Å²) >= 11 is 0. The van der Waals surface area contributed by atoms with Crippen LogP contribution >= 0.6 is 0 Å². The smallest absolute Gasteiger partial charge is 0.371 e. The number of fused-ring (bicyclic) bond motifs is 1. The van der Waals surface area contributed by atoms with Crippen LogP contribution in [0.15, 0.2) is 28.7 Å². The fourth-order valence-corrected chi connectivity index (χ4v) is 3.05. The molecule has 1 saturated heterocycles. The van der Waals surface area contributed by atoms with Crippen LogP contribution < -0.4 is 0 Å². The summed E-state index contributed by atoms with van der Waals surface area (Å²) in [7, 11) is 0. The molecule has 112 valence electrons. The van der Waals surface area contributed by atoms with Crippen molar-refractivity contribution in [3.8, 4) is 0 Å². The molecule has 1 aromatic carbocycles. The standard InChI is InChI=1S/C17H21NO3/c1-11-5-6-18(9-12(11)2)10-13-3-4-15-14(7-13)8-16(21-15)17(19)20/h3-4,7-8,11-12H,5-6,9-10H2,1-2H3,(H,19,20). The number of rotatable bonds is 3. The summed E-state index contributed by atoms with van der Waals surface area (Å²) in [6, 6.07) is 7.53. The molecule has 1 aliphatic heterocycles. The zero-order valence-corrected chi connectivity index (χ0v) is 12.5. The fraction of sp³-hybridized carbons (Fsp3) is 0.471.